The average Bonchev–Trinajstić information content (AvgIpc) is 3.22. The van der Waals surface area contributed by atoms with Crippen molar-refractivity contribution in [3.8, 4) is 11.5 Å². The first kappa shape index (κ1) is 20.0. The SMILES string of the molecule is COC(=O)c1ccc(COc2ccc(/C=N\Nc3ccc(C)cc3)cc2OC)o1. The monoisotopic (exact) mass is 394 g/mol. The van der Waals surface area contributed by atoms with Crippen LogP contribution in [0.2, 0.25) is 0 Å². The predicted molar refractivity (Wildman–Crippen MR) is 110 cm³/mol. The van der Waals surface area contributed by atoms with E-state index < -0.39 is 5.97 Å². The van der Waals surface area contributed by atoms with E-state index in [0.717, 1.165) is 11.3 Å². The Hall–Kier alpha value is -3.74. The fourth-order valence-corrected chi connectivity index (χ4v) is 2.51. The molecule has 0 saturated heterocycles. The summed E-state index contributed by atoms with van der Waals surface area (Å²) in [4.78, 5) is 11.4. The van der Waals surface area contributed by atoms with Crippen molar-refractivity contribution >= 4 is 17.9 Å². The van der Waals surface area contributed by atoms with E-state index in [4.69, 9.17) is 13.9 Å². The van der Waals surface area contributed by atoms with Gasteiger partial charge in [-0.05, 0) is 55.0 Å². The number of ether oxygens (including phenoxy) is 3. The Labute approximate surface area is 168 Å². The zero-order valence-corrected chi connectivity index (χ0v) is 16.5. The van der Waals surface area contributed by atoms with Crippen molar-refractivity contribution in [1.82, 2.24) is 0 Å². The van der Waals surface area contributed by atoms with Gasteiger partial charge in [0, 0.05) is 0 Å². The maximum Gasteiger partial charge on any atom is 0.373 e. The van der Waals surface area contributed by atoms with Crippen LogP contribution in [0.1, 0.15) is 27.4 Å². The van der Waals surface area contributed by atoms with Gasteiger partial charge >= 0.3 is 5.97 Å². The summed E-state index contributed by atoms with van der Waals surface area (Å²) in [6, 6.07) is 16.6. The van der Waals surface area contributed by atoms with Gasteiger partial charge in [-0.1, -0.05) is 17.7 Å². The van der Waals surface area contributed by atoms with Crippen LogP contribution < -0.4 is 14.9 Å². The number of hydrogen-bond acceptors (Lipinski definition) is 7. The van der Waals surface area contributed by atoms with Crippen LogP contribution in [-0.4, -0.2) is 26.4 Å². The highest BCUT2D eigenvalue weighted by Crippen LogP contribution is 2.28. The van der Waals surface area contributed by atoms with Gasteiger partial charge < -0.3 is 18.6 Å². The highest BCUT2D eigenvalue weighted by molar-refractivity contribution is 5.86. The van der Waals surface area contributed by atoms with E-state index in [1.807, 2.05) is 43.3 Å². The molecule has 0 aliphatic heterocycles. The summed E-state index contributed by atoms with van der Waals surface area (Å²) in [6.07, 6.45) is 1.70. The molecule has 3 aromatic rings. The molecule has 1 N–H and O–H groups in total. The van der Waals surface area contributed by atoms with Gasteiger partial charge in [-0.15, -0.1) is 0 Å². The molecule has 0 aliphatic carbocycles. The van der Waals surface area contributed by atoms with Crippen LogP contribution in [0.25, 0.3) is 0 Å². The molecule has 0 aliphatic rings. The lowest BCUT2D eigenvalue weighted by atomic mass is 10.2. The van der Waals surface area contributed by atoms with Crippen LogP contribution in [-0.2, 0) is 11.3 Å². The molecule has 0 bridgehead atoms. The van der Waals surface area contributed by atoms with E-state index in [0.29, 0.717) is 17.3 Å². The van der Waals surface area contributed by atoms with Gasteiger partial charge in [0.15, 0.2) is 11.5 Å². The van der Waals surface area contributed by atoms with Crippen LogP contribution in [0.3, 0.4) is 0 Å². The standard InChI is InChI=1S/C22H22N2O5/c1-15-4-7-17(8-5-15)24-23-13-16-6-10-19(21(12-16)26-2)28-14-18-9-11-20(29-18)22(25)27-3/h4-13,24H,14H2,1-3H3/b23-13-. The minimum Gasteiger partial charge on any atom is -0.493 e. The average molecular weight is 394 g/mol. The van der Waals surface area contributed by atoms with Crippen LogP contribution in [0.4, 0.5) is 5.69 Å². The molecule has 3 rings (SSSR count). The number of nitrogens with one attached hydrogen (secondary N) is 1. The molecule has 2 aromatic carbocycles. The number of carbonyl (C=O) groups is 1. The molecule has 7 heteroatoms. The van der Waals surface area contributed by atoms with E-state index in [1.54, 1.807) is 31.5 Å². The summed E-state index contributed by atoms with van der Waals surface area (Å²) in [5.41, 5.74) is 5.93. The van der Waals surface area contributed by atoms with Crippen molar-refractivity contribution in [1.29, 1.82) is 0 Å². The predicted octanol–water partition coefficient (Wildman–Crippen LogP) is 4.41. The fourth-order valence-electron chi connectivity index (χ4n) is 2.51. The maximum atomic E-state index is 11.4. The van der Waals surface area contributed by atoms with Crippen molar-refractivity contribution in [2.75, 3.05) is 19.6 Å². The molecule has 0 radical (unpaired) electrons. The smallest absolute Gasteiger partial charge is 0.373 e. The topological polar surface area (TPSA) is 82.3 Å². The number of furan rings is 1. The van der Waals surface area contributed by atoms with Crippen LogP contribution in [0.5, 0.6) is 11.5 Å². The summed E-state index contributed by atoms with van der Waals surface area (Å²) in [7, 11) is 2.86. The molecule has 7 nitrogen and oxygen atoms in total. The second-order valence-corrected chi connectivity index (χ2v) is 6.19. The first-order chi connectivity index (χ1) is 14.1. The van der Waals surface area contributed by atoms with Crippen molar-refractivity contribution in [3.05, 3.63) is 77.2 Å². The van der Waals surface area contributed by atoms with Crippen LogP contribution >= 0.6 is 0 Å². The van der Waals surface area contributed by atoms with Gasteiger partial charge in [0.25, 0.3) is 0 Å². The van der Waals surface area contributed by atoms with Gasteiger partial charge in [0.05, 0.1) is 26.1 Å². The van der Waals surface area contributed by atoms with Crippen LogP contribution in [0.15, 0.2) is 64.1 Å². The second kappa shape index (κ2) is 9.45. The van der Waals surface area contributed by atoms with Crippen LogP contribution in [0, 0.1) is 6.92 Å². The lowest BCUT2D eigenvalue weighted by Gasteiger charge is -2.10. The van der Waals surface area contributed by atoms with Crippen molar-refractivity contribution < 1.29 is 23.4 Å². The normalized spacial score (nSPS) is 10.7. The first-order valence-electron chi connectivity index (χ1n) is 8.92. The Morgan fingerprint density at radius 1 is 1.07 bits per heavy atom. The number of rotatable bonds is 8. The molecule has 0 spiro atoms. The second-order valence-electron chi connectivity index (χ2n) is 6.19. The van der Waals surface area contributed by atoms with E-state index in [1.165, 1.54) is 12.7 Å². The molecule has 29 heavy (non-hydrogen) atoms. The summed E-state index contributed by atoms with van der Waals surface area (Å²) in [6.45, 7) is 2.18. The van der Waals surface area contributed by atoms with Gasteiger partial charge in [0.1, 0.15) is 12.4 Å². The molecule has 0 unspecified atom stereocenters. The Morgan fingerprint density at radius 3 is 2.59 bits per heavy atom. The largest absolute Gasteiger partial charge is 0.493 e. The number of esters is 1. The lowest BCUT2D eigenvalue weighted by Crippen LogP contribution is -2.00. The Morgan fingerprint density at radius 2 is 1.86 bits per heavy atom. The Bertz CT molecular complexity index is 993. The zero-order chi connectivity index (χ0) is 20.6. The highest BCUT2D eigenvalue weighted by Gasteiger charge is 2.12. The van der Waals surface area contributed by atoms with E-state index in [2.05, 4.69) is 15.3 Å². The number of methoxy groups -OCH3 is 2. The first-order valence-corrected chi connectivity index (χ1v) is 8.92. The number of hydrogen-bond donors (Lipinski definition) is 1. The number of hydrazone groups is 1. The zero-order valence-electron chi connectivity index (χ0n) is 16.5. The number of nitrogens with zero attached hydrogens (tertiary/aromatic N) is 1. The maximum absolute atomic E-state index is 11.4. The molecule has 1 heterocycles. The Balaban J connectivity index is 1.62. The number of aryl methyl sites for hydroxylation is 1. The summed E-state index contributed by atoms with van der Waals surface area (Å²) < 4.78 is 21.2. The molecular weight excluding hydrogens is 372 g/mol. The summed E-state index contributed by atoms with van der Waals surface area (Å²) in [5, 5.41) is 4.24. The molecular formula is C22H22N2O5. The summed E-state index contributed by atoms with van der Waals surface area (Å²) >= 11 is 0. The number of carbonyl (C=O) groups excluding carboxylic acids is 1. The number of benzene rings is 2. The third-order valence-electron chi connectivity index (χ3n) is 4.06. The third-order valence-corrected chi connectivity index (χ3v) is 4.06. The van der Waals surface area contributed by atoms with Gasteiger partial charge in [0.2, 0.25) is 5.76 Å². The minimum atomic E-state index is -0.531. The Kier molecular flexibility index (Phi) is 6.52. The van der Waals surface area contributed by atoms with Crippen molar-refractivity contribution in [2.24, 2.45) is 5.10 Å². The quantitative estimate of drug-likeness (QED) is 0.346. The van der Waals surface area contributed by atoms with E-state index >= 15 is 0 Å². The molecule has 150 valence electrons. The van der Waals surface area contributed by atoms with E-state index in [-0.39, 0.29) is 12.4 Å². The molecule has 0 atom stereocenters. The highest BCUT2D eigenvalue weighted by atomic mass is 16.5. The molecule has 0 saturated carbocycles. The van der Waals surface area contributed by atoms with Crippen molar-refractivity contribution in [2.45, 2.75) is 13.5 Å². The minimum absolute atomic E-state index is 0.130. The molecule has 0 fully saturated rings. The molecule has 0 amide bonds. The van der Waals surface area contributed by atoms with E-state index in [9.17, 15) is 4.79 Å². The fraction of sp³-hybridized carbons (Fsp3) is 0.182. The van der Waals surface area contributed by atoms with Gasteiger partial charge in [-0.25, -0.2) is 4.79 Å². The number of anilines is 1. The molecule has 1 aromatic heterocycles. The summed E-state index contributed by atoms with van der Waals surface area (Å²) in [5.74, 6) is 1.21. The van der Waals surface area contributed by atoms with Gasteiger partial charge in [-0.2, -0.15) is 5.10 Å². The van der Waals surface area contributed by atoms with Crippen molar-refractivity contribution in [3.63, 3.8) is 0 Å². The van der Waals surface area contributed by atoms with Gasteiger partial charge in [-0.3, -0.25) is 5.43 Å². The lowest BCUT2D eigenvalue weighted by molar-refractivity contribution is 0.0561. The third kappa shape index (κ3) is 5.38.